The number of phenols is 1. The summed E-state index contributed by atoms with van der Waals surface area (Å²) in [6.45, 7) is 2.19. The first-order chi connectivity index (χ1) is 10.3. The van der Waals surface area contributed by atoms with Crippen molar-refractivity contribution < 1.29 is 14.3 Å². The average molecular weight is 284 g/mol. The Morgan fingerprint density at radius 3 is 2.86 bits per heavy atom. The first kappa shape index (κ1) is 15.1. The third-order valence-corrected chi connectivity index (χ3v) is 3.34. The van der Waals surface area contributed by atoms with Gasteiger partial charge in [-0.25, -0.2) is 0 Å². The molecule has 3 heteroatoms. The van der Waals surface area contributed by atoms with Crippen LogP contribution >= 0.6 is 0 Å². The topological polar surface area (TPSA) is 50.4 Å². The molecule has 1 heterocycles. The van der Waals surface area contributed by atoms with Crippen molar-refractivity contribution in [3.8, 4) is 5.75 Å². The number of furan rings is 1. The second kappa shape index (κ2) is 7.48. The number of carbonyl (C=O) groups excluding carboxylic acids is 1. The SMILES string of the molecule is CCCCCC=CC=Cc1cc2c(C=O)c(O)ccc2o1. The molecule has 21 heavy (non-hydrogen) atoms. The van der Waals surface area contributed by atoms with Crippen molar-refractivity contribution >= 4 is 23.3 Å². The lowest BCUT2D eigenvalue weighted by atomic mass is 10.1. The molecule has 1 N–H and O–H groups in total. The van der Waals surface area contributed by atoms with Crippen LogP contribution < -0.4 is 0 Å². The summed E-state index contributed by atoms with van der Waals surface area (Å²) in [6.07, 6.45) is 13.3. The lowest BCUT2D eigenvalue weighted by Gasteiger charge is -1.96. The Bertz CT molecular complexity index is 662. The fourth-order valence-electron chi connectivity index (χ4n) is 2.18. The van der Waals surface area contributed by atoms with Gasteiger partial charge < -0.3 is 9.52 Å². The molecule has 2 rings (SSSR count). The van der Waals surface area contributed by atoms with Gasteiger partial charge in [-0.15, -0.1) is 0 Å². The van der Waals surface area contributed by atoms with Crippen LogP contribution in [-0.2, 0) is 0 Å². The van der Waals surface area contributed by atoms with E-state index in [0.717, 1.165) is 6.42 Å². The van der Waals surface area contributed by atoms with Crippen LogP contribution in [-0.4, -0.2) is 11.4 Å². The largest absolute Gasteiger partial charge is 0.507 e. The second-order valence-electron chi connectivity index (χ2n) is 4.96. The monoisotopic (exact) mass is 284 g/mol. The number of allylic oxidation sites excluding steroid dienone is 3. The molecule has 0 aliphatic carbocycles. The standard InChI is InChI=1S/C18H20O3/c1-2-3-4-5-6-7-8-9-14-12-15-16(13-19)17(20)10-11-18(15)21-14/h6-13,20H,2-5H2,1H3. The maximum atomic E-state index is 11.0. The van der Waals surface area contributed by atoms with E-state index in [4.69, 9.17) is 4.42 Å². The van der Waals surface area contributed by atoms with E-state index in [1.807, 2.05) is 18.2 Å². The minimum atomic E-state index is -0.0235. The summed E-state index contributed by atoms with van der Waals surface area (Å²) in [7, 11) is 0. The normalized spacial score (nSPS) is 11.9. The molecule has 0 saturated heterocycles. The Morgan fingerprint density at radius 1 is 1.24 bits per heavy atom. The molecule has 1 aromatic heterocycles. The van der Waals surface area contributed by atoms with Crippen LogP contribution in [0.5, 0.6) is 5.75 Å². The fraction of sp³-hybridized carbons (Fsp3) is 0.278. The van der Waals surface area contributed by atoms with Gasteiger partial charge >= 0.3 is 0 Å². The lowest BCUT2D eigenvalue weighted by molar-refractivity contribution is 0.112. The summed E-state index contributed by atoms with van der Waals surface area (Å²) in [6, 6.07) is 4.90. The van der Waals surface area contributed by atoms with Crippen LogP contribution in [0.4, 0.5) is 0 Å². The van der Waals surface area contributed by atoms with Gasteiger partial charge in [0.2, 0.25) is 0 Å². The molecule has 0 saturated carbocycles. The lowest BCUT2D eigenvalue weighted by Crippen LogP contribution is -1.81. The maximum Gasteiger partial charge on any atom is 0.154 e. The highest BCUT2D eigenvalue weighted by atomic mass is 16.3. The number of aldehydes is 1. The predicted molar refractivity (Wildman–Crippen MR) is 85.6 cm³/mol. The summed E-state index contributed by atoms with van der Waals surface area (Å²) in [5.41, 5.74) is 0.868. The first-order valence-electron chi connectivity index (χ1n) is 7.30. The van der Waals surface area contributed by atoms with Gasteiger partial charge in [0.1, 0.15) is 17.1 Å². The van der Waals surface area contributed by atoms with Crippen molar-refractivity contribution in [1.29, 1.82) is 0 Å². The highest BCUT2D eigenvalue weighted by Crippen LogP contribution is 2.28. The molecule has 0 atom stereocenters. The van der Waals surface area contributed by atoms with Gasteiger partial charge in [0, 0.05) is 5.39 Å². The van der Waals surface area contributed by atoms with Gasteiger partial charge in [-0.3, -0.25) is 4.79 Å². The Balaban J connectivity index is 2.08. The smallest absolute Gasteiger partial charge is 0.154 e. The van der Waals surface area contributed by atoms with Crippen LogP contribution in [0.15, 0.2) is 40.8 Å². The quantitative estimate of drug-likeness (QED) is 0.437. The molecule has 3 nitrogen and oxygen atoms in total. The van der Waals surface area contributed by atoms with E-state index in [0.29, 0.717) is 23.0 Å². The van der Waals surface area contributed by atoms with Gasteiger partial charge in [0.25, 0.3) is 0 Å². The number of carbonyl (C=O) groups is 1. The summed E-state index contributed by atoms with van der Waals surface area (Å²) >= 11 is 0. The molecule has 0 bridgehead atoms. The highest BCUT2D eigenvalue weighted by molar-refractivity contribution is 5.99. The zero-order valence-electron chi connectivity index (χ0n) is 12.2. The third-order valence-electron chi connectivity index (χ3n) is 3.34. The molecule has 0 radical (unpaired) electrons. The van der Waals surface area contributed by atoms with Crippen molar-refractivity contribution in [2.45, 2.75) is 32.6 Å². The number of rotatable bonds is 7. The van der Waals surface area contributed by atoms with Crippen molar-refractivity contribution in [2.24, 2.45) is 0 Å². The van der Waals surface area contributed by atoms with Gasteiger partial charge in [-0.05, 0) is 37.1 Å². The predicted octanol–water partition coefficient (Wildman–Crippen LogP) is 5.10. The molecule has 0 aliphatic rings. The number of aromatic hydroxyl groups is 1. The van der Waals surface area contributed by atoms with E-state index in [9.17, 15) is 9.90 Å². The maximum absolute atomic E-state index is 11.0. The van der Waals surface area contributed by atoms with Crippen LogP contribution in [0.2, 0.25) is 0 Å². The average Bonchev–Trinajstić information content (AvgIpc) is 2.89. The zero-order valence-corrected chi connectivity index (χ0v) is 12.2. The van der Waals surface area contributed by atoms with E-state index in [2.05, 4.69) is 13.0 Å². The van der Waals surface area contributed by atoms with Crippen molar-refractivity contribution in [2.75, 3.05) is 0 Å². The van der Waals surface area contributed by atoms with E-state index in [1.165, 1.54) is 25.3 Å². The number of unbranched alkanes of at least 4 members (excludes halogenated alkanes) is 3. The molecular weight excluding hydrogens is 264 g/mol. The first-order valence-corrected chi connectivity index (χ1v) is 7.30. The third kappa shape index (κ3) is 3.85. The molecule has 2 aromatic rings. The molecule has 0 unspecified atom stereocenters. The van der Waals surface area contributed by atoms with Crippen LogP contribution in [0.25, 0.3) is 17.0 Å². The summed E-state index contributed by atoms with van der Waals surface area (Å²) in [5.74, 6) is 0.640. The Hall–Kier alpha value is -2.29. The Morgan fingerprint density at radius 2 is 2.10 bits per heavy atom. The van der Waals surface area contributed by atoms with E-state index in [-0.39, 0.29) is 11.3 Å². The molecule has 0 spiro atoms. The van der Waals surface area contributed by atoms with Crippen LogP contribution in [0.3, 0.4) is 0 Å². The van der Waals surface area contributed by atoms with Gasteiger partial charge in [0.05, 0.1) is 5.56 Å². The number of fused-ring (bicyclic) bond motifs is 1. The molecule has 0 aliphatic heterocycles. The van der Waals surface area contributed by atoms with Crippen LogP contribution in [0.1, 0.15) is 48.7 Å². The van der Waals surface area contributed by atoms with Crippen molar-refractivity contribution in [1.82, 2.24) is 0 Å². The van der Waals surface area contributed by atoms with E-state index >= 15 is 0 Å². The number of hydrogen-bond donors (Lipinski definition) is 1. The number of benzene rings is 1. The zero-order chi connectivity index (χ0) is 15.1. The number of hydrogen-bond acceptors (Lipinski definition) is 3. The van der Waals surface area contributed by atoms with Gasteiger partial charge in [0.15, 0.2) is 6.29 Å². The van der Waals surface area contributed by atoms with Crippen molar-refractivity contribution in [3.05, 3.63) is 47.8 Å². The minimum Gasteiger partial charge on any atom is -0.507 e. The summed E-state index contributed by atoms with van der Waals surface area (Å²) < 4.78 is 5.62. The fourth-order valence-corrected chi connectivity index (χ4v) is 2.18. The Kier molecular flexibility index (Phi) is 5.38. The molecule has 110 valence electrons. The highest BCUT2D eigenvalue weighted by Gasteiger charge is 2.09. The van der Waals surface area contributed by atoms with Gasteiger partial charge in [-0.1, -0.05) is 38.0 Å². The molecule has 1 aromatic carbocycles. The number of phenolic OH excluding ortho intramolecular Hbond substituents is 1. The van der Waals surface area contributed by atoms with Gasteiger partial charge in [-0.2, -0.15) is 0 Å². The minimum absolute atomic E-state index is 0.0235. The summed E-state index contributed by atoms with van der Waals surface area (Å²) in [4.78, 5) is 11.0. The molecular formula is C18H20O3. The van der Waals surface area contributed by atoms with E-state index in [1.54, 1.807) is 12.1 Å². The van der Waals surface area contributed by atoms with E-state index < -0.39 is 0 Å². The molecule has 0 amide bonds. The summed E-state index contributed by atoms with van der Waals surface area (Å²) in [5, 5.41) is 10.3. The Labute approximate surface area is 124 Å². The second-order valence-corrected chi connectivity index (χ2v) is 4.96. The molecule has 0 fully saturated rings. The van der Waals surface area contributed by atoms with Crippen molar-refractivity contribution in [3.63, 3.8) is 0 Å². The van der Waals surface area contributed by atoms with Crippen LogP contribution in [0, 0.1) is 0 Å².